The molecule has 1 fully saturated rings. The molecule has 0 aliphatic carbocycles. The van der Waals surface area contributed by atoms with Gasteiger partial charge in [-0.3, -0.25) is 19.7 Å². The first kappa shape index (κ1) is 24.9. The summed E-state index contributed by atoms with van der Waals surface area (Å²) in [5.74, 6) is -0.293. The Morgan fingerprint density at radius 1 is 0.972 bits per heavy atom. The number of non-ortho nitro benzene ring substituents is 1. The van der Waals surface area contributed by atoms with Crippen molar-refractivity contribution in [1.82, 2.24) is 4.90 Å². The van der Waals surface area contributed by atoms with Crippen LogP contribution in [0.4, 0.5) is 17.1 Å². The van der Waals surface area contributed by atoms with Gasteiger partial charge in [-0.05, 0) is 35.4 Å². The molecule has 1 aliphatic rings. The van der Waals surface area contributed by atoms with Crippen LogP contribution in [0.3, 0.4) is 0 Å². The lowest BCUT2D eigenvalue weighted by Gasteiger charge is -2.36. The van der Waals surface area contributed by atoms with Crippen LogP contribution in [0, 0.1) is 10.1 Å². The number of hydrogen-bond donors (Lipinski definition) is 1. The Labute approximate surface area is 213 Å². The molecule has 0 aromatic heterocycles. The van der Waals surface area contributed by atoms with E-state index < -0.39 is 4.92 Å². The second-order valence-corrected chi connectivity index (χ2v) is 8.80. The molecule has 2 amide bonds. The molecule has 0 unspecified atom stereocenters. The summed E-state index contributed by atoms with van der Waals surface area (Å²) in [7, 11) is 0. The summed E-state index contributed by atoms with van der Waals surface area (Å²) in [6.07, 6.45) is 3.48. The van der Waals surface area contributed by atoms with Crippen LogP contribution in [-0.4, -0.2) is 47.8 Å². The van der Waals surface area contributed by atoms with Crippen LogP contribution < -0.4 is 10.2 Å². The van der Waals surface area contributed by atoms with Crippen LogP contribution in [0.5, 0.6) is 0 Å². The first-order chi connectivity index (χ1) is 17.4. The number of nitrogens with zero attached hydrogens (tertiary/aromatic N) is 3. The van der Waals surface area contributed by atoms with Gasteiger partial charge in [-0.15, -0.1) is 0 Å². The van der Waals surface area contributed by atoms with Crippen molar-refractivity contribution < 1.29 is 14.5 Å². The van der Waals surface area contributed by atoms with Crippen LogP contribution >= 0.6 is 11.6 Å². The summed E-state index contributed by atoms with van der Waals surface area (Å²) in [6, 6.07) is 20.9. The molecule has 3 aromatic rings. The SMILES string of the molecule is O=C(Cc1ccc([N+](=O)[O-])cc1)Nc1cc(Cl)ccc1N1CCN(C(=O)/C=C/c2ccccc2)CC1. The van der Waals surface area contributed by atoms with Crippen molar-refractivity contribution in [3.05, 3.63) is 105 Å². The van der Waals surface area contributed by atoms with Crippen LogP contribution in [0.25, 0.3) is 6.08 Å². The average molecular weight is 505 g/mol. The van der Waals surface area contributed by atoms with E-state index in [2.05, 4.69) is 10.2 Å². The minimum Gasteiger partial charge on any atom is -0.366 e. The molecule has 0 saturated carbocycles. The molecule has 36 heavy (non-hydrogen) atoms. The smallest absolute Gasteiger partial charge is 0.269 e. The average Bonchev–Trinajstić information content (AvgIpc) is 2.88. The molecule has 3 aromatic carbocycles. The van der Waals surface area contributed by atoms with Gasteiger partial charge in [0.25, 0.3) is 5.69 Å². The lowest BCUT2D eigenvalue weighted by atomic mass is 10.1. The summed E-state index contributed by atoms with van der Waals surface area (Å²) in [5.41, 5.74) is 3.02. The molecule has 184 valence electrons. The van der Waals surface area contributed by atoms with Gasteiger partial charge in [0.05, 0.1) is 22.7 Å². The lowest BCUT2D eigenvalue weighted by Crippen LogP contribution is -2.48. The molecule has 0 radical (unpaired) electrons. The Morgan fingerprint density at radius 2 is 1.67 bits per heavy atom. The standard InChI is InChI=1S/C27H25ClN4O4/c28-22-9-12-25(24(19-22)29-26(33)18-21-6-10-23(11-7-21)32(35)36)30-14-16-31(17-15-30)27(34)13-8-20-4-2-1-3-5-20/h1-13,19H,14-18H2,(H,29,33)/b13-8+. The molecule has 1 heterocycles. The number of halogens is 1. The number of carbonyl (C=O) groups excluding carboxylic acids is 2. The van der Waals surface area contributed by atoms with Crippen molar-refractivity contribution in [3.63, 3.8) is 0 Å². The van der Waals surface area contributed by atoms with Crippen LogP contribution in [-0.2, 0) is 16.0 Å². The molecule has 0 atom stereocenters. The molecule has 1 aliphatic heterocycles. The van der Waals surface area contributed by atoms with Gasteiger partial charge in [0.2, 0.25) is 11.8 Å². The van der Waals surface area contributed by atoms with Gasteiger partial charge in [0, 0.05) is 49.4 Å². The molecule has 8 nitrogen and oxygen atoms in total. The minimum absolute atomic E-state index is 0.0236. The van der Waals surface area contributed by atoms with Crippen molar-refractivity contribution in [3.8, 4) is 0 Å². The van der Waals surface area contributed by atoms with E-state index in [0.717, 1.165) is 11.3 Å². The summed E-state index contributed by atoms with van der Waals surface area (Å²) >= 11 is 6.20. The molecule has 0 bridgehead atoms. The van der Waals surface area contributed by atoms with Gasteiger partial charge in [-0.25, -0.2) is 0 Å². The van der Waals surface area contributed by atoms with Crippen LogP contribution in [0.15, 0.2) is 78.9 Å². The first-order valence-corrected chi connectivity index (χ1v) is 11.9. The summed E-state index contributed by atoms with van der Waals surface area (Å²) in [4.78, 5) is 39.6. The number of piperazine rings is 1. The molecule has 1 N–H and O–H groups in total. The second kappa shape index (κ2) is 11.5. The third-order valence-electron chi connectivity index (χ3n) is 5.89. The second-order valence-electron chi connectivity index (χ2n) is 8.37. The van der Waals surface area contributed by atoms with Crippen molar-refractivity contribution in [2.45, 2.75) is 6.42 Å². The van der Waals surface area contributed by atoms with E-state index in [9.17, 15) is 19.7 Å². The first-order valence-electron chi connectivity index (χ1n) is 11.5. The Bertz CT molecular complexity index is 1270. The maximum atomic E-state index is 12.7. The highest BCUT2D eigenvalue weighted by Crippen LogP contribution is 2.30. The predicted molar refractivity (Wildman–Crippen MR) is 141 cm³/mol. The zero-order valence-corrected chi connectivity index (χ0v) is 20.2. The maximum Gasteiger partial charge on any atom is 0.269 e. The Balaban J connectivity index is 1.37. The van der Waals surface area contributed by atoms with Crippen molar-refractivity contribution in [2.24, 2.45) is 0 Å². The zero-order valence-electron chi connectivity index (χ0n) is 19.5. The van der Waals surface area contributed by atoms with Gasteiger partial charge >= 0.3 is 0 Å². The number of benzene rings is 3. The fourth-order valence-electron chi connectivity index (χ4n) is 4.00. The number of nitrogens with one attached hydrogen (secondary N) is 1. The van der Waals surface area contributed by atoms with E-state index in [1.165, 1.54) is 12.1 Å². The molecular weight excluding hydrogens is 480 g/mol. The fraction of sp³-hybridized carbons (Fsp3) is 0.185. The molecule has 1 saturated heterocycles. The number of rotatable bonds is 7. The normalized spacial score (nSPS) is 13.6. The van der Waals surface area contributed by atoms with Gasteiger partial charge in [0.1, 0.15) is 0 Å². The molecular formula is C27H25ClN4O4. The van der Waals surface area contributed by atoms with E-state index in [1.54, 1.807) is 35.2 Å². The minimum atomic E-state index is -0.477. The quantitative estimate of drug-likeness (QED) is 0.283. The lowest BCUT2D eigenvalue weighted by molar-refractivity contribution is -0.384. The van der Waals surface area contributed by atoms with E-state index in [1.807, 2.05) is 42.5 Å². The van der Waals surface area contributed by atoms with Crippen LogP contribution in [0.2, 0.25) is 5.02 Å². The third kappa shape index (κ3) is 6.49. The number of carbonyl (C=O) groups is 2. The Kier molecular flexibility index (Phi) is 7.97. The number of amides is 2. The largest absolute Gasteiger partial charge is 0.366 e. The third-order valence-corrected chi connectivity index (χ3v) is 6.13. The Hall–Kier alpha value is -4.17. The van der Waals surface area contributed by atoms with Crippen molar-refractivity contribution >= 4 is 46.6 Å². The highest BCUT2D eigenvalue weighted by Gasteiger charge is 2.22. The van der Waals surface area contributed by atoms with Gasteiger partial charge < -0.3 is 15.1 Å². The predicted octanol–water partition coefficient (Wildman–Crippen LogP) is 4.79. The van der Waals surface area contributed by atoms with Gasteiger partial charge in [0.15, 0.2) is 0 Å². The van der Waals surface area contributed by atoms with Crippen LogP contribution in [0.1, 0.15) is 11.1 Å². The van der Waals surface area contributed by atoms with Gasteiger partial charge in [-0.2, -0.15) is 0 Å². The fourth-order valence-corrected chi connectivity index (χ4v) is 4.18. The monoisotopic (exact) mass is 504 g/mol. The summed E-state index contributed by atoms with van der Waals surface area (Å²) < 4.78 is 0. The highest BCUT2D eigenvalue weighted by atomic mass is 35.5. The summed E-state index contributed by atoms with van der Waals surface area (Å²) in [6.45, 7) is 2.32. The number of hydrogen-bond acceptors (Lipinski definition) is 5. The molecule has 0 spiro atoms. The molecule has 4 rings (SSSR count). The van der Waals surface area contributed by atoms with Crippen molar-refractivity contribution in [1.29, 1.82) is 0 Å². The Morgan fingerprint density at radius 3 is 2.33 bits per heavy atom. The van der Waals surface area contributed by atoms with E-state index in [-0.39, 0.29) is 23.9 Å². The topological polar surface area (TPSA) is 95.8 Å². The highest BCUT2D eigenvalue weighted by molar-refractivity contribution is 6.31. The maximum absolute atomic E-state index is 12.7. The number of nitro groups is 1. The van der Waals surface area contributed by atoms with E-state index in [0.29, 0.717) is 42.5 Å². The summed E-state index contributed by atoms with van der Waals surface area (Å²) in [5, 5.41) is 14.2. The number of anilines is 2. The zero-order chi connectivity index (χ0) is 25.5. The van der Waals surface area contributed by atoms with E-state index >= 15 is 0 Å². The number of nitro benzene ring substituents is 1. The van der Waals surface area contributed by atoms with Gasteiger partial charge in [-0.1, -0.05) is 54.1 Å². The molecule has 9 heteroatoms. The van der Waals surface area contributed by atoms with Crippen molar-refractivity contribution in [2.75, 3.05) is 36.4 Å². The van der Waals surface area contributed by atoms with E-state index in [4.69, 9.17) is 11.6 Å².